The normalized spacial score (nSPS) is 29.4. The molecule has 2 bridgehead atoms. The fourth-order valence-electron chi connectivity index (χ4n) is 3.41. The number of ether oxygens (including phenoxy) is 1. The molecule has 0 aliphatic carbocycles. The van der Waals surface area contributed by atoms with Gasteiger partial charge in [0.2, 0.25) is 0 Å². The lowest BCUT2D eigenvalue weighted by molar-refractivity contribution is -0.0726. The van der Waals surface area contributed by atoms with Crippen LogP contribution in [0.15, 0.2) is 24.3 Å². The van der Waals surface area contributed by atoms with Crippen LogP contribution in [0.5, 0.6) is 0 Å². The number of morpholine rings is 1. The Kier molecular flexibility index (Phi) is 4.04. The van der Waals surface area contributed by atoms with E-state index < -0.39 is 0 Å². The van der Waals surface area contributed by atoms with Crippen LogP contribution in [-0.4, -0.2) is 42.3 Å². The number of halogens is 1. The summed E-state index contributed by atoms with van der Waals surface area (Å²) in [6, 6.07) is 8.12. The molecular weight excluding hydrogens is 272 g/mol. The number of benzene rings is 1. The highest BCUT2D eigenvalue weighted by molar-refractivity contribution is 6.30. The van der Waals surface area contributed by atoms with Crippen molar-refractivity contribution in [3.8, 4) is 0 Å². The minimum Gasteiger partial charge on any atom is -0.372 e. The number of hydrogen-bond donors (Lipinski definition) is 1. The zero-order valence-corrected chi connectivity index (χ0v) is 12.8. The first kappa shape index (κ1) is 14.3. The Morgan fingerprint density at radius 1 is 1.25 bits per heavy atom. The lowest BCUT2D eigenvalue weighted by Gasteiger charge is -2.45. The van der Waals surface area contributed by atoms with E-state index in [0.29, 0.717) is 18.8 Å². The van der Waals surface area contributed by atoms with Crippen molar-refractivity contribution in [3.05, 3.63) is 34.9 Å². The Morgan fingerprint density at radius 2 is 1.85 bits per heavy atom. The molecule has 3 rings (SSSR count). The molecule has 0 saturated carbocycles. The van der Waals surface area contributed by atoms with Crippen LogP contribution in [0.1, 0.15) is 25.3 Å². The summed E-state index contributed by atoms with van der Waals surface area (Å²) in [6.45, 7) is 4.96. The first-order valence-corrected chi connectivity index (χ1v) is 7.82. The van der Waals surface area contributed by atoms with Crippen LogP contribution in [0, 0.1) is 0 Å². The van der Waals surface area contributed by atoms with Crippen molar-refractivity contribution in [1.29, 1.82) is 0 Å². The van der Waals surface area contributed by atoms with Gasteiger partial charge in [-0.1, -0.05) is 23.7 Å². The number of rotatable bonds is 4. The second kappa shape index (κ2) is 5.64. The van der Waals surface area contributed by atoms with Crippen molar-refractivity contribution in [2.24, 2.45) is 5.73 Å². The summed E-state index contributed by atoms with van der Waals surface area (Å²) in [5.41, 5.74) is 7.41. The lowest BCUT2D eigenvalue weighted by atomic mass is 9.90. The number of hydrogen-bond acceptors (Lipinski definition) is 3. The highest BCUT2D eigenvalue weighted by Gasteiger charge is 2.41. The molecule has 1 aromatic rings. The Balaban J connectivity index is 1.74. The van der Waals surface area contributed by atoms with Crippen LogP contribution in [0.2, 0.25) is 5.02 Å². The maximum atomic E-state index is 6.12. The van der Waals surface area contributed by atoms with Gasteiger partial charge in [0, 0.05) is 30.2 Å². The quantitative estimate of drug-likeness (QED) is 0.927. The summed E-state index contributed by atoms with van der Waals surface area (Å²) in [6.07, 6.45) is 4.17. The summed E-state index contributed by atoms with van der Waals surface area (Å²) in [5.74, 6) is 0. The van der Waals surface area contributed by atoms with Crippen LogP contribution < -0.4 is 5.73 Å². The van der Waals surface area contributed by atoms with Crippen molar-refractivity contribution in [1.82, 2.24) is 4.90 Å². The topological polar surface area (TPSA) is 38.5 Å². The summed E-state index contributed by atoms with van der Waals surface area (Å²) < 4.78 is 5.93. The molecule has 3 unspecified atom stereocenters. The van der Waals surface area contributed by atoms with Gasteiger partial charge in [-0.2, -0.15) is 0 Å². The second-order valence-electron chi connectivity index (χ2n) is 6.37. The van der Waals surface area contributed by atoms with E-state index in [2.05, 4.69) is 24.0 Å². The van der Waals surface area contributed by atoms with Crippen LogP contribution >= 0.6 is 11.6 Å². The Bertz CT molecular complexity index is 452. The van der Waals surface area contributed by atoms with Gasteiger partial charge in [0.15, 0.2) is 0 Å². The van der Waals surface area contributed by atoms with E-state index >= 15 is 0 Å². The van der Waals surface area contributed by atoms with E-state index in [1.54, 1.807) is 0 Å². The first-order chi connectivity index (χ1) is 9.59. The van der Waals surface area contributed by atoms with Gasteiger partial charge in [-0.05, 0) is 43.9 Å². The number of likely N-dealkylation sites (tertiary alicyclic amines) is 1. The summed E-state index contributed by atoms with van der Waals surface area (Å²) in [7, 11) is 0. The maximum Gasteiger partial charge on any atom is 0.0707 e. The first-order valence-electron chi connectivity index (χ1n) is 7.44. The minimum absolute atomic E-state index is 0.00154. The van der Waals surface area contributed by atoms with Gasteiger partial charge in [0.25, 0.3) is 0 Å². The van der Waals surface area contributed by atoms with E-state index in [-0.39, 0.29) is 5.54 Å². The third-order valence-electron chi connectivity index (χ3n) is 4.74. The van der Waals surface area contributed by atoms with Gasteiger partial charge in [-0.3, -0.25) is 4.90 Å². The smallest absolute Gasteiger partial charge is 0.0707 e. The molecule has 2 fully saturated rings. The van der Waals surface area contributed by atoms with Crippen molar-refractivity contribution in [2.75, 3.05) is 19.6 Å². The summed E-state index contributed by atoms with van der Waals surface area (Å²) in [4.78, 5) is 2.54. The summed E-state index contributed by atoms with van der Waals surface area (Å²) in [5, 5.41) is 0.785. The zero-order chi connectivity index (χ0) is 14.2. The molecule has 110 valence electrons. The number of fused-ring (bicyclic) bond motifs is 2. The fourth-order valence-corrected chi connectivity index (χ4v) is 3.54. The molecule has 3 atom stereocenters. The van der Waals surface area contributed by atoms with Gasteiger partial charge in [0.1, 0.15) is 0 Å². The molecule has 0 radical (unpaired) electrons. The van der Waals surface area contributed by atoms with E-state index in [1.807, 2.05) is 12.1 Å². The highest BCUT2D eigenvalue weighted by Crippen LogP contribution is 2.31. The van der Waals surface area contributed by atoms with Crippen molar-refractivity contribution in [3.63, 3.8) is 0 Å². The predicted molar refractivity (Wildman–Crippen MR) is 82.1 cm³/mol. The molecule has 20 heavy (non-hydrogen) atoms. The Hall–Kier alpha value is -0.610. The molecule has 0 aromatic heterocycles. The maximum absolute atomic E-state index is 6.12. The molecule has 2 N–H and O–H groups in total. The molecule has 3 nitrogen and oxygen atoms in total. The average Bonchev–Trinajstić information content (AvgIpc) is 2.79. The van der Waals surface area contributed by atoms with Crippen molar-refractivity contribution >= 4 is 11.6 Å². The lowest BCUT2D eigenvalue weighted by Crippen LogP contribution is -2.59. The Morgan fingerprint density at radius 3 is 2.40 bits per heavy atom. The summed E-state index contributed by atoms with van der Waals surface area (Å²) >= 11 is 5.96. The van der Waals surface area contributed by atoms with Gasteiger partial charge < -0.3 is 10.5 Å². The third-order valence-corrected chi connectivity index (χ3v) is 5.00. The minimum atomic E-state index is -0.00154. The molecule has 2 saturated heterocycles. The van der Waals surface area contributed by atoms with Gasteiger partial charge >= 0.3 is 0 Å². The monoisotopic (exact) mass is 294 g/mol. The van der Waals surface area contributed by atoms with Crippen LogP contribution in [0.3, 0.4) is 0 Å². The molecule has 2 aliphatic heterocycles. The van der Waals surface area contributed by atoms with Gasteiger partial charge in [-0.15, -0.1) is 0 Å². The molecule has 0 amide bonds. The Labute approximate surface area is 126 Å². The van der Waals surface area contributed by atoms with Crippen LogP contribution in [0.4, 0.5) is 0 Å². The average molecular weight is 295 g/mol. The molecule has 2 heterocycles. The SMILES string of the molecule is CC(CN)(Cc1ccc(Cl)cc1)N1CC2CCC(C1)O2. The number of nitrogens with zero attached hydrogens (tertiary/aromatic N) is 1. The molecule has 2 aliphatic rings. The van der Waals surface area contributed by atoms with E-state index in [4.69, 9.17) is 22.1 Å². The molecule has 1 aromatic carbocycles. The second-order valence-corrected chi connectivity index (χ2v) is 6.80. The molecular formula is C16H23ClN2O. The largest absolute Gasteiger partial charge is 0.372 e. The highest BCUT2D eigenvalue weighted by atomic mass is 35.5. The van der Waals surface area contributed by atoms with Crippen molar-refractivity contribution < 1.29 is 4.74 Å². The van der Waals surface area contributed by atoms with Gasteiger partial charge in [0.05, 0.1) is 12.2 Å². The van der Waals surface area contributed by atoms with Crippen LogP contribution in [-0.2, 0) is 11.2 Å². The third kappa shape index (κ3) is 2.86. The van der Waals surface area contributed by atoms with Gasteiger partial charge in [-0.25, -0.2) is 0 Å². The number of nitrogens with two attached hydrogens (primary N) is 1. The van der Waals surface area contributed by atoms with E-state index in [0.717, 1.165) is 24.5 Å². The predicted octanol–water partition coefficient (Wildman–Crippen LogP) is 2.46. The van der Waals surface area contributed by atoms with E-state index in [1.165, 1.54) is 18.4 Å². The zero-order valence-electron chi connectivity index (χ0n) is 12.0. The molecule has 0 spiro atoms. The molecule has 4 heteroatoms. The fraction of sp³-hybridized carbons (Fsp3) is 0.625. The van der Waals surface area contributed by atoms with E-state index in [9.17, 15) is 0 Å². The van der Waals surface area contributed by atoms with Crippen LogP contribution in [0.25, 0.3) is 0 Å². The van der Waals surface area contributed by atoms with Crippen molar-refractivity contribution in [2.45, 2.75) is 43.9 Å². The standard InChI is InChI=1S/C16H23ClN2O/c1-16(11-18,8-12-2-4-13(17)5-3-12)19-9-14-6-7-15(10-19)20-14/h2-5,14-15H,6-11,18H2,1H3.